The van der Waals surface area contributed by atoms with Crippen LogP contribution in [0, 0.1) is 11.3 Å². The van der Waals surface area contributed by atoms with Crippen molar-refractivity contribution in [2.24, 2.45) is 0 Å². The van der Waals surface area contributed by atoms with Crippen molar-refractivity contribution in [1.82, 2.24) is 10.3 Å². The normalized spacial score (nSPS) is 15.9. The summed E-state index contributed by atoms with van der Waals surface area (Å²) in [7, 11) is 0. The molecule has 1 fully saturated rings. The van der Waals surface area contributed by atoms with Crippen LogP contribution in [0.15, 0.2) is 12.3 Å². The molecular weight excluding hydrogens is 200 g/mol. The van der Waals surface area contributed by atoms with E-state index in [2.05, 4.69) is 28.2 Å². The third kappa shape index (κ3) is 2.15. The van der Waals surface area contributed by atoms with Crippen molar-refractivity contribution in [3.05, 3.63) is 23.5 Å². The standard InChI is InChI=1S/C12H16N4/c1-2-11-7-12(10(8-13)9-15-11)16-5-3-14-4-6-16/h7,9,14H,2-6H2,1H3. The lowest BCUT2D eigenvalue weighted by Crippen LogP contribution is -2.43. The maximum absolute atomic E-state index is 9.08. The lowest BCUT2D eigenvalue weighted by atomic mass is 10.1. The maximum atomic E-state index is 9.08. The summed E-state index contributed by atoms with van der Waals surface area (Å²) in [5.74, 6) is 0. The van der Waals surface area contributed by atoms with Crippen molar-refractivity contribution in [2.75, 3.05) is 31.1 Å². The Balaban J connectivity index is 2.32. The van der Waals surface area contributed by atoms with Crippen molar-refractivity contribution in [2.45, 2.75) is 13.3 Å². The second kappa shape index (κ2) is 4.95. The van der Waals surface area contributed by atoms with Crippen LogP contribution in [0.3, 0.4) is 0 Å². The second-order valence-electron chi connectivity index (χ2n) is 3.90. The van der Waals surface area contributed by atoms with Crippen LogP contribution in [0.1, 0.15) is 18.2 Å². The van der Waals surface area contributed by atoms with Crippen LogP contribution in [-0.4, -0.2) is 31.2 Å². The first kappa shape index (κ1) is 10.9. The van der Waals surface area contributed by atoms with E-state index in [1.165, 1.54) is 0 Å². The van der Waals surface area contributed by atoms with Crippen molar-refractivity contribution >= 4 is 5.69 Å². The molecule has 0 aliphatic carbocycles. The average molecular weight is 216 g/mol. The van der Waals surface area contributed by atoms with Gasteiger partial charge in [-0.2, -0.15) is 5.26 Å². The zero-order valence-electron chi connectivity index (χ0n) is 9.53. The molecule has 2 rings (SSSR count). The molecule has 1 saturated heterocycles. The van der Waals surface area contributed by atoms with Gasteiger partial charge in [0, 0.05) is 38.1 Å². The number of aryl methyl sites for hydroxylation is 1. The molecule has 1 aromatic rings. The van der Waals surface area contributed by atoms with Crippen LogP contribution in [-0.2, 0) is 6.42 Å². The summed E-state index contributed by atoms with van der Waals surface area (Å²) >= 11 is 0. The van der Waals surface area contributed by atoms with Gasteiger partial charge in [0.25, 0.3) is 0 Å². The summed E-state index contributed by atoms with van der Waals surface area (Å²) in [6, 6.07) is 4.27. The van der Waals surface area contributed by atoms with Gasteiger partial charge in [0.2, 0.25) is 0 Å². The third-order valence-electron chi connectivity index (χ3n) is 2.88. The zero-order chi connectivity index (χ0) is 11.4. The minimum Gasteiger partial charge on any atom is -0.368 e. The first-order valence-electron chi connectivity index (χ1n) is 5.70. The lowest BCUT2D eigenvalue weighted by Gasteiger charge is -2.30. The number of hydrogen-bond acceptors (Lipinski definition) is 4. The monoisotopic (exact) mass is 216 g/mol. The molecular formula is C12H16N4. The molecule has 4 nitrogen and oxygen atoms in total. The minimum atomic E-state index is 0.680. The van der Waals surface area contributed by atoms with Gasteiger partial charge in [-0.25, -0.2) is 0 Å². The molecule has 1 N–H and O–H groups in total. The van der Waals surface area contributed by atoms with E-state index in [1.54, 1.807) is 6.20 Å². The number of pyridine rings is 1. The fourth-order valence-corrected chi connectivity index (χ4v) is 1.93. The van der Waals surface area contributed by atoms with Crippen LogP contribution < -0.4 is 10.2 Å². The van der Waals surface area contributed by atoms with E-state index in [4.69, 9.17) is 5.26 Å². The molecule has 0 spiro atoms. The Labute approximate surface area is 95.9 Å². The predicted molar refractivity (Wildman–Crippen MR) is 63.4 cm³/mol. The lowest BCUT2D eigenvalue weighted by molar-refractivity contribution is 0.588. The molecule has 16 heavy (non-hydrogen) atoms. The molecule has 1 aliphatic rings. The molecule has 0 amide bonds. The Morgan fingerprint density at radius 3 is 2.88 bits per heavy atom. The Morgan fingerprint density at radius 1 is 1.50 bits per heavy atom. The van der Waals surface area contributed by atoms with Crippen LogP contribution >= 0.6 is 0 Å². The van der Waals surface area contributed by atoms with Crippen molar-refractivity contribution < 1.29 is 0 Å². The second-order valence-corrected chi connectivity index (χ2v) is 3.90. The van der Waals surface area contributed by atoms with Crippen LogP contribution in [0.4, 0.5) is 5.69 Å². The molecule has 1 aliphatic heterocycles. The fraction of sp³-hybridized carbons (Fsp3) is 0.500. The van der Waals surface area contributed by atoms with Gasteiger partial charge in [-0.15, -0.1) is 0 Å². The highest BCUT2D eigenvalue weighted by Crippen LogP contribution is 2.20. The van der Waals surface area contributed by atoms with Crippen LogP contribution in [0.5, 0.6) is 0 Å². The molecule has 0 aromatic carbocycles. The summed E-state index contributed by atoms with van der Waals surface area (Å²) in [6.07, 6.45) is 2.60. The number of aromatic nitrogens is 1. The third-order valence-corrected chi connectivity index (χ3v) is 2.88. The quantitative estimate of drug-likeness (QED) is 0.799. The van der Waals surface area contributed by atoms with Gasteiger partial charge in [-0.1, -0.05) is 6.92 Å². The highest BCUT2D eigenvalue weighted by Gasteiger charge is 2.14. The predicted octanol–water partition coefficient (Wildman–Crippen LogP) is 0.925. The number of nitrogens with one attached hydrogen (secondary N) is 1. The van der Waals surface area contributed by atoms with E-state index in [-0.39, 0.29) is 0 Å². The summed E-state index contributed by atoms with van der Waals surface area (Å²) in [4.78, 5) is 6.52. The molecule has 0 bridgehead atoms. The van der Waals surface area contributed by atoms with E-state index in [9.17, 15) is 0 Å². The largest absolute Gasteiger partial charge is 0.368 e. The van der Waals surface area contributed by atoms with Crippen molar-refractivity contribution in [3.63, 3.8) is 0 Å². The molecule has 0 saturated carbocycles. The van der Waals surface area contributed by atoms with E-state index in [0.717, 1.165) is 44.0 Å². The van der Waals surface area contributed by atoms with Crippen molar-refractivity contribution in [3.8, 4) is 6.07 Å². The highest BCUT2D eigenvalue weighted by molar-refractivity contribution is 5.59. The van der Waals surface area contributed by atoms with Crippen LogP contribution in [0.25, 0.3) is 0 Å². The Morgan fingerprint density at radius 2 is 2.25 bits per heavy atom. The first-order valence-corrected chi connectivity index (χ1v) is 5.70. The molecule has 1 aromatic heterocycles. The SMILES string of the molecule is CCc1cc(N2CCNCC2)c(C#N)cn1. The van der Waals surface area contributed by atoms with Gasteiger partial charge in [-0.3, -0.25) is 4.98 Å². The molecule has 0 unspecified atom stereocenters. The Hall–Kier alpha value is -1.60. The molecule has 0 radical (unpaired) electrons. The van der Waals surface area contributed by atoms with E-state index in [1.807, 2.05) is 6.07 Å². The summed E-state index contributed by atoms with van der Waals surface area (Å²) in [5, 5.41) is 12.4. The Bertz CT molecular complexity index is 402. The van der Waals surface area contributed by atoms with Gasteiger partial charge in [0.15, 0.2) is 0 Å². The van der Waals surface area contributed by atoms with E-state index in [0.29, 0.717) is 5.56 Å². The number of hydrogen-bond donors (Lipinski definition) is 1. The van der Waals surface area contributed by atoms with Gasteiger partial charge < -0.3 is 10.2 Å². The van der Waals surface area contributed by atoms with E-state index < -0.39 is 0 Å². The summed E-state index contributed by atoms with van der Waals surface area (Å²) in [5.41, 5.74) is 2.77. The van der Waals surface area contributed by atoms with Gasteiger partial charge in [0.1, 0.15) is 6.07 Å². The highest BCUT2D eigenvalue weighted by atomic mass is 15.2. The van der Waals surface area contributed by atoms with Gasteiger partial charge in [0.05, 0.1) is 11.3 Å². The molecule has 0 atom stereocenters. The number of nitriles is 1. The van der Waals surface area contributed by atoms with Gasteiger partial charge >= 0.3 is 0 Å². The smallest absolute Gasteiger partial charge is 0.103 e. The number of piperazine rings is 1. The minimum absolute atomic E-state index is 0.680. The first-order chi connectivity index (χ1) is 7.85. The number of anilines is 1. The topological polar surface area (TPSA) is 52.0 Å². The summed E-state index contributed by atoms with van der Waals surface area (Å²) in [6.45, 7) is 5.96. The molecule has 2 heterocycles. The number of nitrogens with zero attached hydrogens (tertiary/aromatic N) is 3. The van der Waals surface area contributed by atoms with Crippen molar-refractivity contribution in [1.29, 1.82) is 5.26 Å². The van der Waals surface area contributed by atoms with E-state index >= 15 is 0 Å². The Kier molecular flexibility index (Phi) is 3.37. The molecule has 4 heteroatoms. The maximum Gasteiger partial charge on any atom is 0.103 e. The molecule has 84 valence electrons. The summed E-state index contributed by atoms with van der Waals surface area (Å²) < 4.78 is 0. The number of rotatable bonds is 2. The van der Waals surface area contributed by atoms with Gasteiger partial charge in [-0.05, 0) is 12.5 Å². The van der Waals surface area contributed by atoms with Crippen LogP contribution in [0.2, 0.25) is 0 Å². The zero-order valence-corrected chi connectivity index (χ0v) is 9.53. The fourth-order valence-electron chi connectivity index (χ4n) is 1.93. The average Bonchev–Trinajstić information content (AvgIpc) is 2.39.